The molecule has 5 nitrogen and oxygen atoms in total. The molecule has 116 valence electrons. The molecule has 2 amide bonds. The van der Waals surface area contributed by atoms with Crippen LogP contribution in [-0.4, -0.2) is 37.5 Å². The lowest BCUT2D eigenvalue weighted by molar-refractivity contribution is -0.137. The van der Waals surface area contributed by atoms with Crippen molar-refractivity contribution in [2.75, 3.05) is 19.6 Å². The third kappa shape index (κ3) is 2.59. The summed E-state index contributed by atoms with van der Waals surface area (Å²) in [6.45, 7) is 3.95. The molecular formula is C16H25N3O2. The molecule has 21 heavy (non-hydrogen) atoms. The SMILES string of the molecule is C[C@@H]1CNC(=O)C2(C/C=C/CC3(CCC3)C(=O)N1)CNC2. The topological polar surface area (TPSA) is 70.2 Å². The van der Waals surface area contributed by atoms with Crippen LogP contribution in [0.4, 0.5) is 0 Å². The Morgan fingerprint density at radius 3 is 2.24 bits per heavy atom. The molecule has 3 aliphatic rings. The Labute approximate surface area is 125 Å². The van der Waals surface area contributed by atoms with E-state index in [0.717, 1.165) is 45.2 Å². The minimum absolute atomic E-state index is 0.0209. The van der Waals surface area contributed by atoms with Crippen molar-refractivity contribution in [2.24, 2.45) is 10.8 Å². The van der Waals surface area contributed by atoms with Crippen molar-refractivity contribution < 1.29 is 9.59 Å². The van der Waals surface area contributed by atoms with Crippen molar-refractivity contribution in [1.29, 1.82) is 0 Å². The normalized spacial score (nSPS) is 32.9. The molecule has 0 bridgehead atoms. The summed E-state index contributed by atoms with van der Waals surface area (Å²) in [5.74, 6) is 0.256. The molecule has 2 spiro atoms. The van der Waals surface area contributed by atoms with Crippen LogP contribution in [0.15, 0.2) is 12.2 Å². The third-order valence-corrected chi connectivity index (χ3v) is 5.33. The van der Waals surface area contributed by atoms with Crippen LogP contribution in [0.3, 0.4) is 0 Å². The average molecular weight is 291 g/mol. The molecule has 0 unspecified atom stereocenters. The molecule has 2 heterocycles. The molecule has 3 N–H and O–H groups in total. The number of allylic oxidation sites excluding steroid dienone is 2. The molecule has 0 radical (unpaired) electrons. The molecular weight excluding hydrogens is 266 g/mol. The van der Waals surface area contributed by atoms with Gasteiger partial charge in [0.15, 0.2) is 0 Å². The van der Waals surface area contributed by atoms with Gasteiger partial charge >= 0.3 is 0 Å². The van der Waals surface area contributed by atoms with Gasteiger partial charge in [-0.2, -0.15) is 0 Å². The van der Waals surface area contributed by atoms with Gasteiger partial charge in [0.25, 0.3) is 0 Å². The maximum atomic E-state index is 12.5. The Bertz CT molecular complexity index is 464. The number of carbonyl (C=O) groups excluding carboxylic acids is 2. The molecule has 0 aromatic heterocycles. The van der Waals surface area contributed by atoms with Gasteiger partial charge in [-0.3, -0.25) is 9.59 Å². The van der Waals surface area contributed by atoms with Crippen molar-refractivity contribution in [3.63, 3.8) is 0 Å². The number of hydrogen-bond donors (Lipinski definition) is 3. The Morgan fingerprint density at radius 1 is 1.05 bits per heavy atom. The molecule has 0 aromatic carbocycles. The fourth-order valence-corrected chi connectivity index (χ4v) is 3.43. The zero-order valence-electron chi connectivity index (χ0n) is 12.7. The molecule has 2 fully saturated rings. The van der Waals surface area contributed by atoms with Gasteiger partial charge in [-0.25, -0.2) is 0 Å². The van der Waals surface area contributed by atoms with Crippen LogP contribution in [0.25, 0.3) is 0 Å². The van der Waals surface area contributed by atoms with Gasteiger partial charge < -0.3 is 16.0 Å². The van der Waals surface area contributed by atoms with Crippen LogP contribution in [0.1, 0.15) is 39.0 Å². The minimum Gasteiger partial charge on any atom is -0.353 e. The summed E-state index contributed by atoms with van der Waals surface area (Å²) in [5.41, 5.74) is -0.481. The third-order valence-electron chi connectivity index (χ3n) is 5.33. The van der Waals surface area contributed by atoms with Gasteiger partial charge in [0.2, 0.25) is 11.8 Å². The molecule has 1 aliphatic carbocycles. The van der Waals surface area contributed by atoms with E-state index in [-0.39, 0.29) is 28.7 Å². The van der Waals surface area contributed by atoms with E-state index in [1.165, 1.54) is 0 Å². The predicted molar refractivity (Wildman–Crippen MR) is 80.6 cm³/mol. The van der Waals surface area contributed by atoms with Gasteiger partial charge in [0.1, 0.15) is 0 Å². The number of hydrogen-bond acceptors (Lipinski definition) is 3. The fourth-order valence-electron chi connectivity index (χ4n) is 3.43. The first-order chi connectivity index (χ1) is 10.1. The Balaban J connectivity index is 1.76. The minimum atomic E-state index is -0.286. The van der Waals surface area contributed by atoms with Gasteiger partial charge in [0.05, 0.1) is 10.8 Å². The summed E-state index contributed by atoms with van der Waals surface area (Å²) >= 11 is 0. The largest absolute Gasteiger partial charge is 0.353 e. The summed E-state index contributed by atoms with van der Waals surface area (Å²) in [4.78, 5) is 24.8. The fraction of sp³-hybridized carbons (Fsp3) is 0.750. The lowest BCUT2D eigenvalue weighted by Crippen LogP contribution is -2.62. The molecule has 1 saturated heterocycles. The van der Waals surface area contributed by atoms with Crippen molar-refractivity contribution in [1.82, 2.24) is 16.0 Å². The van der Waals surface area contributed by atoms with Crippen molar-refractivity contribution in [3.8, 4) is 0 Å². The zero-order chi connectivity index (χ0) is 14.9. The highest BCUT2D eigenvalue weighted by Crippen LogP contribution is 2.44. The monoisotopic (exact) mass is 291 g/mol. The first-order valence-electron chi connectivity index (χ1n) is 8.01. The van der Waals surface area contributed by atoms with Crippen molar-refractivity contribution in [3.05, 3.63) is 12.2 Å². The van der Waals surface area contributed by atoms with Crippen LogP contribution >= 0.6 is 0 Å². The van der Waals surface area contributed by atoms with E-state index >= 15 is 0 Å². The van der Waals surface area contributed by atoms with Crippen molar-refractivity contribution in [2.45, 2.75) is 45.1 Å². The molecule has 5 heteroatoms. The van der Waals surface area contributed by atoms with Crippen LogP contribution < -0.4 is 16.0 Å². The molecule has 2 aliphatic heterocycles. The summed E-state index contributed by atoms with van der Waals surface area (Å²) in [7, 11) is 0. The van der Waals surface area contributed by atoms with E-state index in [9.17, 15) is 9.59 Å². The molecule has 1 saturated carbocycles. The van der Waals surface area contributed by atoms with Crippen LogP contribution in [-0.2, 0) is 9.59 Å². The first kappa shape index (κ1) is 14.6. The highest BCUT2D eigenvalue weighted by molar-refractivity contribution is 5.85. The quantitative estimate of drug-likeness (QED) is 0.576. The average Bonchev–Trinajstić information content (AvgIpc) is 2.35. The Morgan fingerprint density at radius 2 is 1.71 bits per heavy atom. The van der Waals surface area contributed by atoms with E-state index in [4.69, 9.17) is 0 Å². The van der Waals surface area contributed by atoms with Gasteiger partial charge in [0, 0.05) is 25.7 Å². The van der Waals surface area contributed by atoms with Crippen molar-refractivity contribution >= 4 is 11.8 Å². The van der Waals surface area contributed by atoms with Crippen LogP contribution in [0.2, 0.25) is 0 Å². The second-order valence-electron chi connectivity index (χ2n) is 6.98. The smallest absolute Gasteiger partial charge is 0.229 e. The number of carbonyl (C=O) groups is 2. The second kappa shape index (κ2) is 5.44. The van der Waals surface area contributed by atoms with E-state index < -0.39 is 0 Å². The van der Waals surface area contributed by atoms with Gasteiger partial charge in [-0.1, -0.05) is 18.6 Å². The lowest BCUT2D eigenvalue weighted by Gasteiger charge is -2.42. The summed E-state index contributed by atoms with van der Waals surface area (Å²) in [6.07, 6.45) is 8.87. The maximum absolute atomic E-state index is 12.5. The van der Waals surface area contributed by atoms with Crippen LogP contribution in [0.5, 0.6) is 0 Å². The predicted octanol–water partition coefficient (Wildman–Crippen LogP) is 0.717. The molecule has 1 atom stereocenters. The molecule has 0 aromatic rings. The summed E-state index contributed by atoms with van der Waals surface area (Å²) < 4.78 is 0. The van der Waals surface area contributed by atoms with Gasteiger partial charge in [-0.05, 0) is 32.6 Å². The number of rotatable bonds is 0. The number of amides is 2. The highest BCUT2D eigenvalue weighted by Gasteiger charge is 2.45. The highest BCUT2D eigenvalue weighted by atomic mass is 16.2. The van der Waals surface area contributed by atoms with Crippen LogP contribution in [0, 0.1) is 10.8 Å². The second-order valence-corrected chi connectivity index (χ2v) is 6.98. The zero-order valence-corrected chi connectivity index (χ0v) is 12.7. The van der Waals surface area contributed by atoms with E-state index in [1.54, 1.807) is 0 Å². The van der Waals surface area contributed by atoms with E-state index in [0.29, 0.717) is 6.54 Å². The summed E-state index contributed by atoms with van der Waals surface area (Å²) in [5, 5.41) is 9.28. The molecule has 3 rings (SSSR count). The van der Waals surface area contributed by atoms with Gasteiger partial charge in [-0.15, -0.1) is 0 Å². The number of nitrogens with one attached hydrogen (secondary N) is 3. The standard InChI is InChI=1S/C16H25N3O2/c1-12-9-18-13(20)16(10-17-11-16)6-3-2-5-15(7-4-8-15)14(21)19-12/h2-3,12,17H,4-11H2,1H3,(H,18,20)(H,19,21)/b3-2+/t12-/m1/s1. The van der Waals surface area contributed by atoms with E-state index in [2.05, 4.69) is 28.1 Å². The Hall–Kier alpha value is -1.36. The first-order valence-corrected chi connectivity index (χ1v) is 8.01. The van der Waals surface area contributed by atoms with E-state index in [1.807, 2.05) is 6.92 Å². The Kier molecular flexibility index (Phi) is 3.78. The summed E-state index contributed by atoms with van der Waals surface area (Å²) in [6, 6.07) is -0.0209. The lowest BCUT2D eigenvalue weighted by atomic mass is 9.65. The maximum Gasteiger partial charge on any atom is 0.229 e.